The highest BCUT2D eigenvalue weighted by Crippen LogP contribution is 2.64. The Bertz CT molecular complexity index is 1400. The van der Waals surface area contributed by atoms with Gasteiger partial charge in [0.2, 0.25) is 0 Å². The average molecular weight is 659 g/mol. The second-order valence-electron chi connectivity index (χ2n) is 14.5. The number of ketones is 1. The number of aliphatic hydroxyl groups excluding tert-OH is 2. The molecule has 254 valence electrons. The van der Waals surface area contributed by atoms with Crippen LogP contribution >= 0.6 is 0 Å². The van der Waals surface area contributed by atoms with Gasteiger partial charge in [0, 0.05) is 25.2 Å². The molecule has 46 heavy (non-hydrogen) atoms. The van der Waals surface area contributed by atoms with Crippen LogP contribution in [-0.2, 0) is 28.2 Å². The van der Waals surface area contributed by atoms with Crippen LogP contribution in [0.5, 0.6) is 0 Å². The van der Waals surface area contributed by atoms with E-state index in [1.54, 1.807) is 58.0 Å². The quantitative estimate of drug-likeness (QED) is 0.212. The SMILES string of the molecule is CC[Si](CC)(CC)O[C@H]1C[C@H]2OC[C@@]2(OC(C)=O)C2C(OC(=O)c3ccccc3)[C@]3(O)C[C@H](O)C(C)=C([C@@H](O)C(=O)[C@@]21C)C3(C)C. The summed E-state index contributed by atoms with van der Waals surface area (Å²) in [6.07, 6.45) is -6.03. The average Bonchev–Trinajstić information content (AvgIpc) is 3.01. The minimum atomic E-state index is -2.42. The maximum Gasteiger partial charge on any atom is 0.338 e. The second-order valence-corrected chi connectivity index (χ2v) is 19.2. The molecule has 9 atom stereocenters. The van der Waals surface area contributed by atoms with Crippen LogP contribution in [0.1, 0.15) is 78.6 Å². The van der Waals surface area contributed by atoms with Crippen molar-refractivity contribution in [3.63, 3.8) is 0 Å². The number of aliphatic hydroxyl groups is 3. The lowest BCUT2D eigenvalue weighted by atomic mass is 9.44. The Morgan fingerprint density at radius 1 is 1.04 bits per heavy atom. The van der Waals surface area contributed by atoms with Gasteiger partial charge < -0.3 is 34.0 Å². The molecule has 11 heteroatoms. The highest BCUT2D eigenvalue weighted by atomic mass is 28.4. The van der Waals surface area contributed by atoms with E-state index in [1.165, 1.54) is 6.92 Å². The fraction of sp³-hybridized carbons (Fsp3) is 0.686. The fourth-order valence-corrected chi connectivity index (χ4v) is 12.1. The molecule has 3 fully saturated rings. The molecule has 1 aromatic rings. The summed E-state index contributed by atoms with van der Waals surface area (Å²) < 4.78 is 25.7. The molecule has 3 aliphatic carbocycles. The highest BCUT2D eigenvalue weighted by molar-refractivity contribution is 6.73. The Balaban J connectivity index is 1.84. The zero-order chi connectivity index (χ0) is 34.0. The number of carbonyl (C=O) groups excluding carboxylic acids is 3. The van der Waals surface area contributed by atoms with E-state index in [0.29, 0.717) is 5.57 Å². The molecule has 2 saturated carbocycles. The van der Waals surface area contributed by atoms with Crippen LogP contribution in [0.15, 0.2) is 41.5 Å². The summed E-state index contributed by atoms with van der Waals surface area (Å²) in [5.74, 6) is -3.16. The number of benzene rings is 1. The standard InChI is InChI=1S/C35H50O10Si/c1-9-46(10-2,11-3)45-24-17-25-34(19-42-25,44-21(5)36)28-30(43-31(40)22-15-13-12-14-16-22)35(41)18-23(37)20(4)26(32(35,6)7)27(38)29(39)33(24,28)8/h12-16,23-25,27-28,30,37-38,41H,9-11,17-19H2,1-8H3/t23-,24-,25+,27+,28?,30?,33+,34-,35+/m0/s1. The van der Waals surface area contributed by atoms with Crippen molar-refractivity contribution in [2.45, 2.75) is 128 Å². The van der Waals surface area contributed by atoms with E-state index in [0.717, 1.165) is 18.1 Å². The Kier molecular flexibility index (Phi) is 9.05. The highest BCUT2D eigenvalue weighted by Gasteiger charge is 2.78. The van der Waals surface area contributed by atoms with Crippen molar-refractivity contribution in [1.82, 2.24) is 0 Å². The lowest BCUT2D eigenvalue weighted by Gasteiger charge is -2.68. The van der Waals surface area contributed by atoms with Crippen molar-refractivity contribution in [3.8, 4) is 0 Å². The molecule has 2 bridgehead atoms. The van der Waals surface area contributed by atoms with Gasteiger partial charge in [-0.25, -0.2) is 4.79 Å². The Morgan fingerprint density at radius 2 is 1.65 bits per heavy atom. The molecule has 1 aromatic carbocycles. The first-order valence-corrected chi connectivity index (χ1v) is 19.1. The maximum absolute atomic E-state index is 15.1. The minimum Gasteiger partial charge on any atom is -0.455 e. The summed E-state index contributed by atoms with van der Waals surface area (Å²) >= 11 is 0. The minimum absolute atomic E-state index is 0.105. The number of hydrogen-bond acceptors (Lipinski definition) is 10. The monoisotopic (exact) mass is 658 g/mol. The Labute approximate surface area is 272 Å². The number of hydrogen-bond donors (Lipinski definition) is 3. The molecule has 0 spiro atoms. The van der Waals surface area contributed by atoms with E-state index in [-0.39, 0.29) is 30.6 Å². The van der Waals surface area contributed by atoms with Gasteiger partial charge >= 0.3 is 11.9 Å². The van der Waals surface area contributed by atoms with E-state index < -0.39 is 84.5 Å². The lowest BCUT2D eigenvalue weighted by molar-refractivity contribution is -0.344. The first-order chi connectivity index (χ1) is 21.5. The van der Waals surface area contributed by atoms with Gasteiger partial charge in [-0.05, 0) is 55.3 Å². The van der Waals surface area contributed by atoms with Crippen molar-refractivity contribution in [2.24, 2.45) is 16.7 Å². The predicted octanol–water partition coefficient (Wildman–Crippen LogP) is 4.11. The Morgan fingerprint density at radius 3 is 2.17 bits per heavy atom. The van der Waals surface area contributed by atoms with Crippen molar-refractivity contribution >= 4 is 26.0 Å². The first-order valence-electron chi connectivity index (χ1n) is 16.6. The molecular weight excluding hydrogens is 608 g/mol. The van der Waals surface area contributed by atoms with Gasteiger partial charge in [-0.1, -0.05) is 52.8 Å². The molecule has 0 aromatic heterocycles. The van der Waals surface area contributed by atoms with Crippen LogP contribution in [0.25, 0.3) is 0 Å². The largest absolute Gasteiger partial charge is 0.455 e. The summed E-state index contributed by atoms with van der Waals surface area (Å²) in [5, 5.41) is 36.5. The zero-order valence-corrected chi connectivity index (χ0v) is 29.3. The van der Waals surface area contributed by atoms with Gasteiger partial charge in [0.15, 0.2) is 19.7 Å². The number of carbonyl (C=O) groups is 3. The Hall–Kier alpha value is -2.41. The summed E-state index contributed by atoms with van der Waals surface area (Å²) in [6.45, 7) is 14.1. The van der Waals surface area contributed by atoms with Crippen LogP contribution in [0.3, 0.4) is 0 Å². The van der Waals surface area contributed by atoms with Gasteiger partial charge in [-0.2, -0.15) is 0 Å². The van der Waals surface area contributed by atoms with E-state index >= 15 is 4.79 Å². The summed E-state index contributed by atoms with van der Waals surface area (Å²) in [6, 6.07) is 10.7. The topological polar surface area (TPSA) is 149 Å². The third-order valence-corrected chi connectivity index (χ3v) is 16.9. The smallest absolute Gasteiger partial charge is 0.338 e. The molecule has 0 radical (unpaired) electrons. The molecule has 4 aliphatic rings. The van der Waals surface area contributed by atoms with Crippen LogP contribution in [-0.4, -0.2) is 89.7 Å². The molecule has 5 rings (SSSR count). The van der Waals surface area contributed by atoms with Crippen molar-refractivity contribution in [2.75, 3.05) is 6.61 Å². The summed E-state index contributed by atoms with van der Waals surface area (Å²) in [4.78, 5) is 41.9. The number of Topliss-reactive ketones (excluding diaryl/α,β-unsaturated/α-hetero) is 1. The fourth-order valence-electron chi connectivity index (χ4n) is 9.11. The summed E-state index contributed by atoms with van der Waals surface area (Å²) in [5.41, 5.74) is -5.70. The van der Waals surface area contributed by atoms with Crippen molar-refractivity contribution < 1.29 is 48.3 Å². The van der Waals surface area contributed by atoms with Gasteiger partial charge in [0.05, 0.1) is 35.7 Å². The maximum atomic E-state index is 15.1. The number of rotatable bonds is 8. The normalized spacial score (nSPS) is 38.5. The molecule has 1 saturated heterocycles. The van der Waals surface area contributed by atoms with Crippen molar-refractivity contribution in [1.29, 1.82) is 0 Å². The van der Waals surface area contributed by atoms with Gasteiger partial charge in [-0.3, -0.25) is 9.59 Å². The van der Waals surface area contributed by atoms with Crippen molar-refractivity contribution in [3.05, 3.63) is 47.0 Å². The van der Waals surface area contributed by atoms with E-state index in [1.807, 2.05) is 0 Å². The number of ether oxygens (including phenoxy) is 3. The molecule has 3 N–H and O–H groups in total. The molecule has 2 unspecified atom stereocenters. The molecule has 0 amide bonds. The molecule has 1 aliphatic heterocycles. The number of esters is 2. The van der Waals surface area contributed by atoms with E-state index in [2.05, 4.69) is 20.8 Å². The summed E-state index contributed by atoms with van der Waals surface area (Å²) in [7, 11) is -2.42. The zero-order valence-electron chi connectivity index (χ0n) is 28.3. The third kappa shape index (κ3) is 4.87. The second kappa shape index (κ2) is 11.9. The number of fused-ring (bicyclic) bond motifs is 5. The molecule has 1 heterocycles. The van der Waals surface area contributed by atoms with Gasteiger partial charge in [-0.15, -0.1) is 0 Å². The van der Waals surface area contributed by atoms with Crippen LogP contribution in [0.2, 0.25) is 18.1 Å². The van der Waals surface area contributed by atoms with E-state index in [4.69, 9.17) is 18.6 Å². The van der Waals surface area contributed by atoms with Crippen LogP contribution in [0.4, 0.5) is 0 Å². The lowest BCUT2D eigenvalue weighted by Crippen LogP contribution is -2.82. The van der Waals surface area contributed by atoms with Crippen LogP contribution in [0, 0.1) is 16.7 Å². The van der Waals surface area contributed by atoms with E-state index in [9.17, 15) is 24.9 Å². The molecule has 10 nitrogen and oxygen atoms in total. The molecular formula is C35H50O10Si. The van der Waals surface area contributed by atoms with Gasteiger partial charge in [0.25, 0.3) is 0 Å². The first kappa shape index (κ1) is 34.9. The third-order valence-electron chi connectivity index (χ3n) is 12.2. The van der Waals surface area contributed by atoms with Crippen LogP contribution < -0.4 is 0 Å². The van der Waals surface area contributed by atoms with Gasteiger partial charge in [0.1, 0.15) is 23.9 Å². The predicted molar refractivity (Wildman–Crippen MR) is 171 cm³/mol.